The molecule has 0 N–H and O–H groups in total. The molecule has 3 heteroatoms. The number of ether oxygens (including phenoxy) is 1. The number of morpholine rings is 1. The zero-order valence-corrected chi connectivity index (χ0v) is 19.7. The van der Waals surface area contributed by atoms with Gasteiger partial charge in [-0.25, -0.2) is 0 Å². The Balaban J connectivity index is 2.20. The zero-order chi connectivity index (χ0) is 18.0. The van der Waals surface area contributed by atoms with Crippen LogP contribution in [0.4, 0.5) is 5.69 Å². The van der Waals surface area contributed by atoms with Crippen molar-refractivity contribution in [3.8, 4) is 0 Å². The number of benzene rings is 1. The summed E-state index contributed by atoms with van der Waals surface area (Å²) in [5.41, 5.74) is 1.40. The Morgan fingerprint density at radius 1 is 0.800 bits per heavy atom. The van der Waals surface area contributed by atoms with Crippen molar-refractivity contribution in [1.29, 1.82) is 0 Å². The maximum absolute atomic E-state index is 5.50. The number of rotatable bonds is 11. The summed E-state index contributed by atoms with van der Waals surface area (Å²) in [4.78, 5) is 2.48. The second-order valence-electron chi connectivity index (χ2n) is 7.74. The first-order valence-corrected chi connectivity index (χ1v) is 18.2. The molecule has 0 atom stereocenters. The van der Waals surface area contributed by atoms with Gasteiger partial charge in [0.05, 0.1) is 0 Å². The molecule has 0 spiro atoms. The van der Waals surface area contributed by atoms with Gasteiger partial charge in [0.15, 0.2) is 0 Å². The van der Waals surface area contributed by atoms with Crippen molar-refractivity contribution in [2.45, 2.75) is 72.6 Å². The third-order valence-corrected chi connectivity index (χ3v) is 21.6. The fourth-order valence-electron chi connectivity index (χ4n) is 4.20. The average Bonchev–Trinajstić information content (AvgIpc) is 2.68. The van der Waals surface area contributed by atoms with Gasteiger partial charge < -0.3 is 0 Å². The number of unbranched alkanes of at least 4 members (excludes halogenated alkanes) is 3. The van der Waals surface area contributed by atoms with E-state index in [9.17, 15) is 0 Å². The summed E-state index contributed by atoms with van der Waals surface area (Å²) in [7, 11) is 0. The van der Waals surface area contributed by atoms with Gasteiger partial charge in [0.1, 0.15) is 0 Å². The van der Waals surface area contributed by atoms with Gasteiger partial charge in [-0.2, -0.15) is 0 Å². The number of hydrogen-bond acceptors (Lipinski definition) is 2. The number of hydrogen-bond donors (Lipinski definition) is 0. The van der Waals surface area contributed by atoms with Crippen molar-refractivity contribution < 1.29 is 4.74 Å². The van der Waals surface area contributed by atoms with Crippen LogP contribution in [0.2, 0.25) is 13.3 Å². The van der Waals surface area contributed by atoms with E-state index < -0.39 is 18.4 Å². The Hall–Kier alpha value is -0.221. The summed E-state index contributed by atoms with van der Waals surface area (Å²) in [6, 6.07) is 9.88. The normalized spacial score (nSPS) is 15.6. The molecular weight excluding hydrogens is 413 g/mol. The summed E-state index contributed by atoms with van der Waals surface area (Å²) < 4.78 is 12.0. The SMILES string of the molecule is CCC[CH2][Sn]([CH2]CCC)([CH2]CCC)[c]1ccc(N2CCOCC2)cc1. The quantitative estimate of drug-likeness (QED) is 0.407. The van der Waals surface area contributed by atoms with E-state index in [0.717, 1.165) is 26.3 Å². The monoisotopic (exact) mass is 453 g/mol. The van der Waals surface area contributed by atoms with Gasteiger partial charge in [0.25, 0.3) is 0 Å². The summed E-state index contributed by atoms with van der Waals surface area (Å²) >= 11 is -2.24. The van der Waals surface area contributed by atoms with Crippen LogP contribution in [0.15, 0.2) is 24.3 Å². The molecule has 142 valence electrons. The molecule has 0 aliphatic carbocycles. The van der Waals surface area contributed by atoms with Crippen LogP contribution in [0.3, 0.4) is 0 Å². The fourth-order valence-corrected chi connectivity index (χ4v) is 20.1. The molecule has 0 bridgehead atoms. The van der Waals surface area contributed by atoms with Crippen LogP contribution < -0.4 is 8.48 Å². The van der Waals surface area contributed by atoms with Gasteiger partial charge in [-0.3, -0.25) is 0 Å². The molecular formula is C22H39NOSn. The van der Waals surface area contributed by atoms with Crippen molar-refractivity contribution in [2.75, 3.05) is 31.2 Å². The molecule has 0 amide bonds. The van der Waals surface area contributed by atoms with E-state index in [-0.39, 0.29) is 0 Å². The molecule has 0 unspecified atom stereocenters. The van der Waals surface area contributed by atoms with E-state index in [1.165, 1.54) is 44.2 Å². The van der Waals surface area contributed by atoms with Gasteiger partial charge in [0, 0.05) is 0 Å². The molecule has 1 saturated heterocycles. The van der Waals surface area contributed by atoms with Crippen LogP contribution in [0.25, 0.3) is 0 Å². The van der Waals surface area contributed by atoms with Crippen LogP contribution in [0, 0.1) is 0 Å². The molecule has 1 heterocycles. The Bertz CT molecular complexity index is 446. The van der Waals surface area contributed by atoms with E-state index >= 15 is 0 Å². The zero-order valence-electron chi connectivity index (χ0n) is 16.9. The maximum atomic E-state index is 5.50. The summed E-state index contributed by atoms with van der Waals surface area (Å²) in [6.07, 6.45) is 8.37. The summed E-state index contributed by atoms with van der Waals surface area (Å²) in [5, 5.41) is 0. The number of nitrogens with zero attached hydrogens (tertiary/aromatic N) is 1. The Kier molecular flexibility index (Phi) is 9.68. The van der Waals surface area contributed by atoms with Gasteiger partial charge in [-0.1, -0.05) is 0 Å². The van der Waals surface area contributed by atoms with Crippen LogP contribution >= 0.6 is 0 Å². The van der Waals surface area contributed by atoms with Crippen LogP contribution in [0.1, 0.15) is 59.3 Å². The second-order valence-corrected chi connectivity index (χ2v) is 21.0. The minimum atomic E-state index is -2.24. The van der Waals surface area contributed by atoms with Crippen LogP contribution in [0.5, 0.6) is 0 Å². The Morgan fingerprint density at radius 3 is 1.72 bits per heavy atom. The minimum absolute atomic E-state index is 0.869. The first kappa shape index (κ1) is 21.1. The van der Waals surface area contributed by atoms with Crippen molar-refractivity contribution in [3.63, 3.8) is 0 Å². The molecule has 2 rings (SSSR count). The first-order valence-electron chi connectivity index (χ1n) is 10.7. The average molecular weight is 452 g/mol. The molecule has 1 aliphatic heterocycles. The van der Waals surface area contributed by atoms with Crippen molar-refractivity contribution in [1.82, 2.24) is 0 Å². The van der Waals surface area contributed by atoms with E-state index in [4.69, 9.17) is 4.74 Å². The summed E-state index contributed by atoms with van der Waals surface area (Å²) in [5.74, 6) is 0. The molecule has 0 saturated carbocycles. The first-order chi connectivity index (χ1) is 12.3. The fraction of sp³-hybridized carbons (Fsp3) is 0.727. The van der Waals surface area contributed by atoms with Gasteiger partial charge in [-0.15, -0.1) is 0 Å². The molecule has 0 aromatic heterocycles. The van der Waals surface area contributed by atoms with Crippen LogP contribution in [-0.2, 0) is 4.74 Å². The second kappa shape index (κ2) is 11.5. The van der Waals surface area contributed by atoms with Gasteiger partial charge >= 0.3 is 160 Å². The van der Waals surface area contributed by atoms with Crippen molar-refractivity contribution >= 4 is 27.6 Å². The predicted octanol–water partition coefficient (Wildman–Crippen LogP) is 5.58. The molecule has 2 nitrogen and oxygen atoms in total. The third-order valence-electron chi connectivity index (χ3n) is 5.88. The Labute approximate surface area is 160 Å². The van der Waals surface area contributed by atoms with Crippen LogP contribution in [-0.4, -0.2) is 44.7 Å². The predicted molar refractivity (Wildman–Crippen MR) is 114 cm³/mol. The molecule has 1 aliphatic rings. The van der Waals surface area contributed by atoms with Crippen molar-refractivity contribution in [3.05, 3.63) is 24.3 Å². The van der Waals surface area contributed by atoms with E-state index in [1.807, 2.05) is 0 Å². The summed E-state index contributed by atoms with van der Waals surface area (Å²) in [6.45, 7) is 10.9. The number of anilines is 1. The van der Waals surface area contributed by atoms with Gasteiger partial charge in [-0.05, 0) is 0 Å². The third kappa shape index (κ3) is 6.16. The molecule has 1 aromatic rings. The van der Waals surface area contributed by atoms with E-state index in [1.54, 1.807) is 16.9 Å². The van der Waals surface area contributed by atoms with E-state index in [2.05, 4.69) is 49.9 Å². The Morgan fingerprint density at radius 2 is 1.28 bits per heavy atom. The van der Waals surface area contributed by atoms with Crippen molar-refractivity contribution in [2.24, 2.45) is 0 Å². The van der Waals surface area contributed by atoms with E-state index in [0.29, 0.717) is 0 Å². The molecule has 1 aromatic carbocycles. The molecule has 0 radical (unpaired) electrons. The van der Waals surface area contributed by atoms with Gasteiger partial charge in [0.2, 0.25) is 0 Å². The topological polar surface area (TPSA) is 12.5 Å². The molecule has 25 heavy (non-hydrogen) atoms. The molecule has 1 fully saturated rings. The standard InChI is InChI=1S/C10H12NO.3C4H9.Sn/c1-2-4-10(5-3-1)11-6-8-12-9-7-11;3*1-3-4-2;/h2-5H,6-9H2;3*1,3-4H2,2H3;.